The highest BCUT2D eigenvalue weighted by Crippen LogP contribution is 2.15. The number of rotatable bonds is 2. The van der Waals surface area contributed by atoms with Crippen LogP contribution in [0.4, 0.5) is 0 Å². The van der Waals surface area contributed by atoms with E-state index in [1.165, 1.54) is 0 Å². The van der Waals surface area contributed by atoms with Crippen LogP contribution in [0, 0.1) is 13.8 Å². The predicted octanol–water partition coefficient (Wildman–Crippen LogP) is 1.37. The quantitative estimate of drug-likeness (QED) is 0.894. The third-order valence-corrected chi connectivity index (χ3v) is 3.80. The van der Waals surface area contributed by atoms with Crippen LogP contribution in [0.2, 0.25) is 0 Å². The molecule has 0 aromatic carbocycles. The van der Waals surface area contributed by atoms with Crippen LogP contribution in [0.1, 0.15) is 29.8 Å². The molecular weight excluding hydrogens is 299 g/mol. The third-order valence-electron chi connectivity index (χ3n) is 3.80. The summed E-state index contributed by atoms with van der Waals surface area (Å²) in [5.74, 6) is 0.171. The highest BCUT2D eigenvalue weighted by atomic mass is 35.5. The van der Waals surface area contributed by atoms with Gasteiger partial charge in [-0.3, -0.25) is 9.48 Å². The SMILES string of the molecule is Cc1nn(C)c(C)c1CC(=O)N1CCCC(N)C1.Cl.Cl. The van der Waals surface area contributed by atoms with Crippen molar-refractivity contribution in [2.75, 3.05) is 13.1 Å². The highest BCUT2D eigenvalue weighted by Gasteiger charge is 2.23. The molecule has 2 heterocycles. The van der Waals surface area contributed by atoms with Crippen LogP contribution in [-0.4, -0.2) is 39.7 Å². The Balaban J connectivity index is 0.00000180. The average Bonchev–Trinajstić information content (AvgIpc) is 2.56. The maximum atomic E-state index is 12.3. The largest absolute Gasteiger partial charge is 0.341 e. The number of aryl methyl sites for hydroxylation is 2. The van der Waals surface area contributed by atoms with Gasteiger partial charge in [0.05, 0.1) is 12.1 Å². The number of carbonyl (C=O) groups excluding carboxylic acids is 1. The lowest BCUT2D eigenvalue weighted by atomic mass is 10.0. The number of amides is 1. The number of nitrogens with zero attached hydrogens (tertiary/aromatic N) is 3. The lowest BCUT2D eigenvalue weighted by molar-refractivity contribution is -0.131. The van der Waals surface area contributed by atoms with Crippen molar-refractivity contribution in [2.45, 2.75) is 39.2 Å². The van der Waals surface area contributed by atoms with E-state index >= 15 is 0 Å². The van der Waals surface area contributed by atoms with Crippen molar-refractivity contribution in [3.8, 4) is 0 Å². The first-order valence-corrected chi connectivity index (χ1v) is 6.51. The summed E-state index contributed by atoms with van der Waals surface area (Å²) in [5, 5.41) is 4.34. The Morgan fingerprint density at radius 1 is 1.40 bits per heavy atom. The molecule has 1 unspecified atom stereocenters. The highest BCUT2D eigenvalue weighted by molar-refractivity contribution is 5.85. The molecule has 7 heteroatoms. The molecule has 1 amide bonds. The standard InChI is InChI=1S/C13H22N4O.2ClH/c1-9-12(10(2)16(3)15-9)7-13(18)17-6-4-5-11(14)8-17;;/h11H,4-8,14H2,1-3H3;2*1H. The van der Waals surface area contributed by atoms with Crippen molar-refractivity contribution in [1.29, 1.82) is 0 Å². The Morgan fingerprint density at radius 3 is 2.55 bits per heavy atom. The van der Waals surface area contributed by atoms with Gasteiger partial charge in [0.1, 0.15) is 0 Å². The maximum absolute atomic E-state index is 12.3. The molecule has 1 fully saturated rings. The van der Waals surface area contributed by atoms with Gasteiger partial charge >= 0.3 is 0 Å². The van der Waals surface area contributed by atoms with E-state index in [1.54, 1.807) is 0 Å². The predicted molar refractivity (Wildman–Crippen MR) is 84.7 cm³/mol. The average molecular weight is 323 g/mol. The molecule has 2 rings (SSSR count). The van der Waals surface area contributed by atoms with Gasteiger partial charge in [0.2, 0.25) is 5.91 Å². The van der Waals surface area contributed by atoms with Gasteiger partial charge in [-0.25, -0.2) is 0 Å². The summed E-state index contributed by atoms with van der Waals surface area (Å²) in [6.07, 6.45) is 2.48. The molecule has 1 aromatic heterocycles. The van der Waals surface area contributed by atoms with Gasteiger partial charge < -0.3 is 10.6 Å². The molecule has 1 aliphatic heterocycles. The molecule has 1 aromatic rings. The lowest BCUT2D eigenvalue weighted by Gasteiger charge is -2.30. The fourth-order valence-electron chi connectivity index (χ4n) is 2.57. The first kappa shape index (κ1) is 19.2. The van der Waals surface area contributed by atoms with Crippen LogP contribution >= 0.6 is 24.8 Å². The van der Waals surface area contributed by atoms with Gasteiger partial charge in [0.15, 0.2) is 0 Å². The fourth-order valence-corrected chi connectivity index (χ4v) is 2.57. The van der Waals surface area contributed by atoms with Crippen molar-refractivity contribution >= 4 is 30.7 Å². The smallest absolute Gasteiger partial charge is 0.227 e. The van der Waals surface area contributed by atoms with Crippen molar-refractivity contribution in [3.63, 3.8) is 0 Å². The Hall–Kier alpha value is -0.780. The number of nitrogens with two attached hydrogens (primary N) is 1. The topological polar surface area (TPSA) is 64.2 Å². The molecule has 116 valence electrons. The number of aromatic nitrogens is 2. The Morgan fingerprint density at radius 2 is 2.05 bits per heavy atom. The monoisotopic (exact) mass is 322 g/mol. The van der Waals surface area contributed by atoms with Crippen molar-refractivity contribution < 1.29 is 4.79 Å². The zero-order valence-corrected chi connectivity index (χ0v) is 13.9. The Bertz CT molecular complexity index is 461. The van der Waals surface area contributed by atoms with Crippen molar-refractivity contribution in [1.82, 2.24) is 14.7 Å². The van der Waals surface area contributed by atoms with E-state index in [-0.39, 0.29) is 36.8 Å². The summed E-state index contributed by atoms with van der Waals surface area (Å²) < 4.78 is 1.83. The molecular formula is C13H24Cl2N4O. The molecule has 0 bridgehead atoms. The van der Waals surface area contributed by atoms with E-state index in [2.05, 4.69) is 5.10 Å². The molecule has 0 saturated carbocycles. The zero-order valence-electron chi connectivity index (χ0n) is 12.3. The summed E-state index contributed by atoms with van der Waals surface area (Å²) in [6.45, 7) is 5.49. The second-order valence-electron chi connectivity index (χ2n) is 5.19. The molecule has 0 aliphatic carbocycles. The van der Waals surface area contributed by atoms with Gasteiger partial charge in [-0.15, -0.1) is 24.8 Å². The molecule has 2 N–H and O–H groups in total. The summed E-state index contributed by atoms with van der Waals surface area (Å²) in [5.41, 5.74) is 8.99. The number of halogens is 2. The van der Waals surface area contributed by atoms with E-state index in [0.29, 0.717) is 13.0 Å². The van der Waals surface area contributed by atoms with E-state index < -0.39 is 0 Å². The number of likely N-dealkylation sites (tertiary alicyclic amines) is 1. The van der Waals surface area contributed by atoms with Gasteiger partial charge in [0.25, 0.3) is 0 Å². The first-order valence-electron chi connectivity index (χ1n) is 6.51. The number of hydrogen-bond acceptors (Lipinski definition) is 3. The summed E-state index contributed by atoms with van der Waals surface area (Å²) in [4.78, 5) is 14.1. The van der Waals surface area contributed by atoms with E-state index in [0.717, 1.165) is 36.3 Å². The Labute approximate surface area is 132 Å². The molecule has 20 heavy (non-hydrogen) atoms. The van der Waals surface area contributed by atoms with Crippen LogP contribution in [0.5, 0.6) is 0 Å². The van der Waals surface area contributed by atoms with E-state index in [1.807, 2.05) is 30.5 Å². The number of hydrogen-bond donors (Lipinski definition) is 1. The van der Waals surface area contributed by atoms with Gasteiger partial charge in [0, 0.05) is 37.4 Å². The maximum Gasteiger partial charge on any atom is 0.227 e. The second kappa shape index (κ2) is 7.86. The zero-order chi connectivity index (χ0) is 13.3. The molecule has 1 aliphatic rings. The van der Waals surface area contributed by atoms with E-state index in [4.69, 9.17) is 5.73 Å². The minimum Gasteiger partial charge on any atom is -0.341 e. The summed E-state index contributed by atoms with van der Waals surface area (Å²) in [6, 6.07) is 0.138. The van der Waals surface area contributed by atoms with Crippen molar-refractivity contribution in [2.24, 2.45) is 12.8 Å². The van der Waals surface area contributed by atoms with Gasteiger partial charge in [-0.1, -0.05) is 0 Å². The fraction of sp³-hybridized carbons (Fsp3) is 0.692. The van der Waals surface area contributed by atoms with E-state index in [9.17, 15) is 4.79 Å². The normalized spacial score (nSPS) is 18.2. The van der Waals surface area contributed by atoms with Gasteiger partial charge in [-0.05, 0) is 26.7 Å². The van der Waals surface area contributed by atoms with Crippen LogP contribution in [0.15, 0.2) is 0 Å². The molecule has 5 nitrogen and oxygen atoms in total. The van der Waals surface area contributed by atoms with Crippen molar-refractivity contribution in [3.05, 3.63) is 17.0 Å². The van der Waals surface area contributed by atoms with Crippen LogP contribution < -0.4 is 5.73 Å². The number of carbonyl (C=O) groups is 1. The second-order valence-corrected chi connectivity index (χ2v) is 5.19. The molecule has 0 spiro atoms. The third kappa shape index (κ3) is 4.11. The number of piperidine rings is 1. The lowest BCUT2D eigenvalue weighted by Crippen LogP contribution is -2.46. The minimum atomic E-state index is 0. The van der Waals surface area contributed by atoms with Crippen LogP contribution in [0.3, 0.4) is 0 Å². The van der Waals surface area contributed by atoms with Crippen LogP contribution in [-0.2, 0) is 18.3 Å². The molecule has 0 radical (unpaired) electrons. The first-order chi connectivity index (χ1) is 8.49. The van der Waals surface area contributed by atoms with Gasteiger partial charge in [-0.2, -0.15) is 5.10 Å². The summed E-state index contributed by atoms with van der Waals surface area (Å²) >= 11 is 0. The Kier molecular flexibility index (Phi) is 7.55. The minimum absolute atomic E-state index is 0. The molecule has 1 atom stereocenters. The molecule has 1 saturated heterocycles. The van der Waals surface area contributed by atoms with Crippen LogP contribution in [0.25, 0.3) is 0 Å². The summed E-state index contributed by atoms with van der Waals surface area (Å²) in [7, 11) is 1.91.